The van der Waals surface area contributed by atoms with E-state index in [2.05, 4.69) is 0 Å². The summed E-state index contributed by atoms with van der Waals surface area (Å²) in [5.41, 5.74) is 1.74. The van der Waals surface area contributed by atoms with Gasteiger partial charge in [0.2, 0.25) is 0 Å². The minimum atomic E-state index is -0.781. The van der Waals surface area contributed by atoms with Gasteiger partial charge in [0.25, 0.3) is 0 Å². The van der Waals surface area contributed by atoms with E-state index in [4.69, 9.17) is 28.7 Å². The minimum Gasteiger partial charge on any atom is -0.511 e. The summed E-state index contributed by atoms with van der Waals surface area (Å²) in [6, 6.07) is 9.44. The van der Waals surface area contributed by atoms with Crippen molar-refractivity contribution in [2.75, 3.05) is 6.61 Å². The number of aliphatic hydroxyl groups excluding tert-OH is 1. The zero-order valence-corrected chi connectivity index (χ0v) is 19.7. The fourth-order valence-corrected chi connectivity index (χ4v) is 4.60. The molecule has 2 unspecified atom stereocenters. The van der Waals surface area contributed by atoms with Gasteiger partial charge in [-0.05, 0) is 32.8 Å². The number of fused-ring (bicyclic) bond motifs is 1. The molecule has 180 valence electrons. The normalized spacial score (nSPS) is 30.8. The highest BCUT2D eigenvalue weighted by Gasteiger charge is 2.57. The lowest BCUT2D eigenvalue weighted by Crippen LogP contribution is -2.43. The van der Waals surface area contributed by atoms with Crippen molar-refractivity contribution in [2.45, 2.75) is 90.0 Å². The Labute approximate surface area is 194 Å². The Kier molecular flexibility index (Phi) is 7.19. The lowest BCUT2D eigenvalue weighted by atomic mass is 9.92. The number of nitrogens with zero attached hydrogens (tertiary/aromatic N) is 1. The van der Waals surface area contributed by atoms with E-state index in [1.807, 2.05) is 51.1 Å². The van der Waals surface area contributed by atoms with Gasteiger partial charge in [0, 0.05) is 6.42 Å². The molecule has 5 atom stereocenters. The van der Waals surface area contributed by atoms with Crippen molar-refractivity contribution in [2.24, 2.45) is 4.99 Å². The summed E-state index contributed by atoms with van der Waals surface area (Å²) in [4.78, 5) is 17.3. The predicted molar refractivity (Wildman–Crippen MR) is 121 cm³/mol. The topological polar surface area (TPSA) is 95.8 Å². The van der Waals surface area contributed by atoms with E-state index in [-0.39, 0.29) is 24.4 Å². The summed E-state index contributed by atoms with van der Waals surface area (Å²) in [5, 5.41) is 10.8. The van der Waals surface area contributed by atoms with Gasteiger partial charge in [-0.25, -0.2) is 4.79 Å². The summed E-state index contributed by atoms with van der Waals surface area (Å²) in [6.07, 6.45) is -0.496. The van der Waals surface area contributed by atoms with Crippen molar-refractivity contribution >= 4 is 11.7 Å². The summed E-state index contributed by atoms with van der Waals surface area (Å²) < 4.78 is 29.8. The number of hydrogen-bond acceptors (Lipinski definition) is 8. The highest BCUT2D eigenvalue weighted by Crippen LogP contribution is 2.42. The second-order valence-corrected chi connectivity index (χ2v) is 8.97. The Bertz CT molecular complexity index is 911. The Morgan fingerprint density at radius 3 is 2.64 bits per heavy atom. The number of aliphatic imine (C=N–C) groups is 1. The number of dihydropyridines is 1. The molecule has 1 N–H and O–H groups in total. The molecular weight excluding hydrogens is 426 g/mol. The first-order chi connectivity index (χ1) is 15.8. The SMILES string of the molecule is CCCC1=NC(C2O[C@@H]3OC(C)(C)O[C@@H]3[C@H]2OCc2ccccc2)CC(O)=C1C(=O)OCC. The summed E-state index contributed by atoms with van der Waals surface area (Å²) in [7, 11) is 0. The third-order valence-electron chi connectivity index (χ3n) is 5.96. The molecule has 8 heteroatoms. The average Bonchev–Trinajstić information content (AvgIpc) is 3.24. The van der Waals surface area contributed by atoms with Crippen LogP contribution in [0.15, 0.2) is 46.7 Å². The Hall–Kier alpha value is -2.26. The largest absolute Gasteiger partial charge is 0.511 e. The second-order valence-electron chi connectivity index (χ2n) is 8.97. The van der Waals surface area contributed by atoms with Gasteiger partial charge in [0.05, 0.1) is 25.0 Å². The van der Waals surface area contributed by atoms with Crippen LogP contribution in [0, 0.1) is 0 Å². The molecule has 3 aliphatic heterocycles. The van der Waals surface area contributed by atoms with Gasteiger partial charge in [-0.15, -0.1) is 0 Å². The summed E-state index contributed by atoms with van der Waals surface area (Å²) in [5.74, 6) is -1.35. The maximum Gasteiger partial charge on any atom is 0.343 e. The summed E-state index contributed by atoms with van der Waals surface area (Å²) in [6.45, 7) is 8.03. The van der Waals surface area contributed by atoms with E-state index in [1.54, 1.807) is 6.92 Å². The minimum absolute atomic E-state index is 0.0264. The van der Waals surface area contributed by atoms with Gasteiger partial charge >= 0.3 is 5.97 Å². The van der Waals surface area contributed by atoms with Gasteiger partial charge in [0.1, 0.15) is 29.6 Å². The van der Waals surface area contributed by atoms with Gasteiger partial charge in [-0.2, -0.15) is 0 Å². The molecule has 4 rings (SSSR count). The van der Waals surface area contributed by atoms with E-state index in [9.17, 15) is 9.90 Å². The highest BCUT2D eigenvalue weighted by atomic mass is 16.8. The van der Waals surface area contributed by atoms with Crippen LogP contribution >= 0.6 is 0 Å². The van der Waals surface area contributed by atoms with Crippen LogP contribution in [0.25, 0.3) is 0 Å². The first kappa shape index (κ1) is 23.9. The third kappa shape index (κ3) is 5.14. The van der Waals surface area contributed by atoms with E-state index < -0.39 is 42.4 Å². The van der Waals surface area contributed by atoms with E-state index in [0.717, 1.165) is 12.0 Å². The van der Waals surface area contributed by atoms with Crippen LogP contribution in [0.3, 0.4) is 0 Å². The number of aliphatic hydroxyl groups is 1. The lowest BCUT2D eigenvalue weighted by Gasteiger charge is -2.31. The Morgan fingerprint density at radius 2 is 1.94 bits per heavy atom. The third-order valence-corrected chi connectivity index (χ3v) is 5.96. The number of esters is 1. The molecule has 0 amide bonds. The molecule has 0 aromatic heterocycles. The van der Waals surface area contributed by atoms with Crippen LogP contribution < -0.4 is 0 Å². The molecule has 8 nitrogen and oxygen atoms in total. The number of ether oxygens (including phenoxy) is 5. The molecule has 0 spiro atoms. The Balaban J connectivity index is 1.58. The van der Waals surface area contributed by atoms with Gasteiger partial charge in [-0.3, -0.25) is 4.99 Å². The maximum atomic E-state index is 12.5. The van der Waals surface area contributed by atoms with Crippen LogP contribution in [0.5, 0.6) is 0 Å². The first-order valence-corrected chi connectivity index (χ1v) is 11.7. The number of carbonyl (C=O) groups excluding carboxylic acids is 1. The van der Waals surface area contributed by atoms with Crippen molar-refractivity contribution in [3.63, 3.8) is 0 Å². The first-order valence-electron chi connectivity index (χ1n) is 11.7. The van der Waals surface area contributed by atoms with Crippen LogP contribution in [0.1, 0.15) is 52.5 Å². The Morgan fingerprint density at radius 1 is 1.18 bits per heavy atom. The lowest BCUT2D eigenvalue weighted by molar-refractivity contribution is -0.221. The van der Waals surface area contributed by atoms with Crippen molar-refractivity contribution in [1.82, 2.24) is 0 Å². The average molecular weight is 460 g/mol. The quantitative estimate of drug-likeness (QED) is 0.590. The fraction of sp³-hybridized carbons (Fsp3) is 0.600. The molecule has 3 aliphatic rings. The zero-order valence-electron chi connectivity index (χ0n) is 19.7. The number of carbonyl (C=O) groups is 1. The van der Waals surface area contributed by atoms with Crippen molar-refractivity contribution < 1.29 is 33.6 Å². The second kappa shape index (κ2) is 9.93. The molecule has 2 fully saturated rings. The molecule has 2 saturated heterocycles. The van der Waals surface area contributed by atoms with E-state index in [1.165, 1.54) is 0 Å². The fourth-order valence-electron chi connectivity index (χ4n) is 4.60. The smallest absolute Gasteiger partial charge is 0.343 e. The predicted octanol–water partition coefficient (Wildman–Crippen LogP) is 3.84. The number of hydrogen-bond donors (Lipinski definition) is 1. The van der Waals surface area contributed by atoms with Crippen molar-refractivity contribution in [1.29, 1.82) is 0 Å². The van der Waals surface area contributed by atoms with Crippen LogP contribution in [0.4, 0.5) is 0 Å². The van der Waals surface area contributed by atoms with Gasteiger partial charge in [-0.1, -0.05) is 43.7 Å². The molecule has 0 saturated carbocycles. The molecule has 3 heterocycles. The van der Waals surface area contributed by atoms with Crippen LogP contribution in [-0.4, -0.2) is 59.8 Å². The molecule has 1 aromatic rings. The molecule has 0 radical (unpaired) electrons. The monoisotopic (exact) mass is 459 g/mol. The van der Waals surface area contributed by atoms with E-state index >= 15 is 0 Å². The van der Waals surface area contributed by atoms with Crippen LogP contribution in [0.2, 0.25) is 0 Å². The van der Waals surface area contributed by atoms with Crippen molar-refractivity contribution in [3.8, 4) is 0 Å². The molecule has 33 heavy (non-hydrogen) atoms. The molecular formula is C25H33NO7. The van der Waals surface area contributed by atoms with Crippen molar-refractivity contribution in [3.05, 3.63) is 47.2 Å². The van der Waals surface area contributed by atoms with Gasteiger partial charge in [0.15, 0.2) is 12.1 Å². The standard InChI is InChI=1S/C25H33NO7/c1-5-10-16-19(23(28)29-6-2)18(27)13-17(26-16)20-21(30-14-15-11-8-7-9-12-15)22-24(31-20)33-25(3,4)32-22/h7-9,11-12,17,20-22,24,27H,5-6,10,13-14H2,1-4H3/t17?,20?,21-,22+,24+/m0/s1. The molecule has 0 bridgehead atoms. The highest BCUT2D eigenvalue weighted by molar-refractivity contribution is 6.20. The molecule has 0 aliphatic carbocycles. The van der Waals surface area contributed by atoms with Crippen LogP contribution in [-0.2, 0) is 35.1 Å². The van der Waals surface area contributed by atoms with E-state index in [0.29, 0.717) is 18.7 Å². The number of rotatable bonds is 8. The number of benzene rings is 1. The summed E-state index contributed by atoms with van der Waals surface area (Å²) >= 11 is 0. The molecule has 1 aromatic carbocycles. The maximum absolute atomic E-state index is 12.5. The van der Waals surface area contributed by atoms with Gasteiger partial charge < -0.3 is 28.8 Å². The zero-order chi connectivity index (χ0) is 23.6.